The van der Waals surface area contributed by atoms with Crippen LogP contribution < -0.4 is 5.32 Å². The summed E-state index contributed by atoms with van der Waals surface area (Å²) in [7, 11) is 0. The fraction of sp³-hybridized carbons (Fsp3) is 0.353. The Hall–Kier alpha value is -4.26. The van der Waals surface area contributed by atoms with Gasteiger partial charge in [-0.2, -0.15) is 0 Å². The number of amides is 3. The molecule has 3 aliphatic carbocycles. The molecular formula is C34H34N2O5. The fourth-order valence-corrected chi connectivity index (χ4v) is 7.10. The molecule has 3 amide bonds. The van der Waals surface area contributed by atoms with Gasteiger partial charge < -0.3 is 10.1 Å². The average molecular weight is 551 g/mol. The lowest BCUT2D eigenvalue weighted by Crippen LogP contribution is -2.47. The van der Waals surface area contributed by atoms with E-state index in [-0.39, 0.29) is 42.0 Å². The minimum absolute atomic E-state index is 0.00817. The van der Waals surface area contributed by atoms with E-state index in [9.17, 15) is 19.2 Å². The molecule has 0 aromatic heterocycles. The van der Waals surface area contributed by atoms with Crippen molar-refractivity contribution in [1.29, 1.82) is 0 Å². The molecule has 7 heteroatoms. The molecule has 3 aromatic carbocycles. The summed E-state index contributed by atoms with van der Waals surface area (Å²) < 4.78 is 5.46. The van der Waals surface area contributed by atoms with Crippen molar-refractivity contribution in [1.82, 2.24) is 10.2 Å². The number of hydrogen-bond acceptors (Lipinski definition) is 5. The SMILES string of the molecule is CC(C)C[C@H](C(=O)OCC(=O)N[C@H](C)c1ccccc1)N1C(=O)[C@@H]2C3c4ccccc4C(c4ccccc43)[C@H]2C1=O. The number of carbonyl (C=O) groups is 4. The van der Waals surface area contributed by atoms with Gasteiger partial charge in [-0.15, -0.1) is 0 Å². The standard InChI is InChI=1S/C34H34N2O5/c1-19(2)17-26(34(40)41-18-27(37)35-20(3)21-11-5-4-6-12-21)36-32(38)30-28-22-13-7-8-14-23(22)29(31(30)33(36)39)25-16-10-9-15-24(25)28/h4-16,19-20,26,28-31H,17-18H2,1-3H3,(H,35,37)/t20-,26-,28?,29?,30-,31-/m1/s1. The monoisotopic (exact) mass is 550 g/mol. The summed E-state index contributed by atoms with van der Waals surface area (Å²) in [6.45, 7) is 5.23. The van der Waals surface area contributed by atoms with Gasteiger partial charge in [-0.25, -0.2) is 4.79 Å². The van der Waals surface area contributed by atoms with Gasteiger partial charge in [0.1, 0.15) is 6.04 Å². The van der Waals surface area contributed by atoms with E-state index in [1.54, 1.807) is 0 Å². The Morgan fingerprint density at radius 3 is 1.68 bits per heavy atom. The minimum Gasteiger partial charge on any atom is -0.454 e. The van der Waals surface area contributed by atoms with Crippen LogP contribution in [0.25, 0.3) is 0 Å². The molecule has 1 aliphatic heterocycles. The number of imide groups is 1. The third-order valence-corrected chi connectivity index (χ3v) is 8.78. The lowest BCUT2D eigenvalue weighted by Gasteiger charge is -2.45. The largest absolute Gasteiger partial charge is 0.454 e. The summed E-state index contributed by atoms with van der Waals surface area (Å²) >= 11 is 0. The van der Waals surface area contributed by atoms with E-state index < -0.39 is 36.4 Å². The van der Waals surface area contributed by atoms with Crippen LogP contribution in [0.15, 0.2) is 78.9 Å². The Morgan fingerprint density at radius 1 is 0.756 bits per heavy atom. The maximum Gasteiger partial charge on any atom is 0.329 e. The van der Waals surface area contributed by atoms with Crippen molar-refractivity contribution in [2.75, 3.05) is 6.61 Å². The van der Waals surface area contributed by atoms with Crippen LogP contribution >= 0.6 is 0 Å². The van der Waals surface area contributed by atoms with Gasteiger partial charge in [0, 0.05) is 11.8 Å². The van der Waals surface area contributed by atoms with Gasteiger partial charge in [0.2, 0.25) is 11.8 Å². The molecular weight excluding hydrogens is 516 g/mol. The van der Waals surface area contributed by atoms with Crippen LogP contribution in [-0.4, -0.2) is 41.2 Å². The van der Waals surface area contributed by atoms with E-state index in [1.165, 1.54) is 4.90 Å². The van der Waals surface area contributed by atoms with E-state index in [0.29, 0.717) is 0 Å². The van der Waals surface area contributed by atoms with Crippen LogP contribution in [0.4, 0.5) is 0 Å². The van der Waals surface area contributed by atoms with Crippen molar-refractivity contribution < 1.29 is 23.9 Å². The Morgan fingerprint density at radius 2 is 1.22 bits per heavy atom. The predicted molar refractivity (Wildman–Crippen MR) is 153 cm³/mol. The van der Waals surface area contributed by atoms with Crippen molar-refractivity contribution in [3.05, 3.63) is 107 Å². The Balaban J connectivity index is 1.25. The zero-order valence-electron chi connectivity index (χ0n) is 23.4. The molecule has 210 valence electrons. The van der Waals surface area contributed by atoms with E-state index >= 15 is 0 Å². The summed E-state index contributed by atoms with van der Waals surface area (Å²) in [5, 5.41) is 2.84. The number of benzene rings is 3. The lowest BCUT2D eigenvalue weighted by atomic mass is 9.55. The van der Waals surface area contributed by atoms with Crippen LogP contribution in [0.2, 0.25) is 0 Å². The third-order valence-electron chi connectivity index (χ3n) is 8.78. The molecule has 0 radical (unpaired) electrons. The van der Waals surface area contributed by atoms with Crippen LogP contribution in [0.1, 0.15) is 72.9 Å². The van der Waals surface area contributed by atoms with Gasteiger partial charge >= 0.3 is 5.97 Å². The number of esters is 1. The lowest BCUT2D eigenvalue weighted by molar-refractivity contribution is -0.161. The Kier molecular flexibility index (Phi) is 6.98. The molecule has 4 aliphatic rings. The number of nitrogens with zero attached hydrogens (tertiary/aromatic N) is 1. The minimum atomic E-state index is -1.09. The van der Waals surface area contributed by atoms with E-state index in [2.05, 4.69) is 29.6 Å². The highest BCUT2D eigenvalue weighted by molar-refractivity contribution is 6.10. The Labute approximate surface area is 239 Å². The average Bonchev–Trinajstić information content (AvgIpc) is 3.24. The van der Waals surface area contributed by atoms with Gasteiger partial charge in [0.05, 0.1) is 17.9 Å². The van der Waals surface area contributed by atoms with Crippen molar-refractivity contribution in [2.24, 2.45) is 17.8 Å². The summed E-state index contributed by atoms with van der Waals surface area (Å²) in [5.74, 6) is -3.48. The van der Waals surface area contributed by atoms with Gasteiger partial charge in [-0.3, -0.25) is 19.3 Å². The first kappa shape index (κ1) is 26.9. The normalized spacial score (nSPS) is 23.5. The number of nitrogens with one attached hydrogen (secondary N) is 1. The summed E-state index contributed by atoms with van der Waals surface area (Å²) in [4.78, 5) is 55.6. The summed E-state index contributed by atoms with van der Waals surface area (Å²) in [6.07, 6.45) is 0.257. The van der Waals surface area contributed by atoms with Gasteiger partial charge in [-0.05, 0) is 47.1 Å². The first-order valence-corrected chi connectivity index (χ1v) is 14.3. The highest BCUT2D eigenvalue weighted by Gasteiger charge is 2.63. The molecule has 1 N–H and O–H groups in total. The molecule has 2 bridgehead atoms. The first-order valence-electron chi connectivity index (χ1n) is 14.3. The zero-order chi connectivity index (χ0) is 28.8. The van der Waals surface area contributed by atoms with E-state index in [1.807, 2.05) is 75.4 Å². The number of ether oxygens (including phenoxy) is 1. The number of rotatable bonds is 8. The second kappa shape index (κ2) is 10.6. The molecule has 0 unspecified atom stereocenters. The molecule has 1 saturated heterocycles. The highest BCUT2D eigenvalue weighted by atomic mass is 16.5. The van der Waals surface area contributed by atoms with Gasteiger partial charge in [0.15, 0.2) is 6.61 Å². The Bertz CT molecular complexity index is 1400. The van der Waals surface area contributed by atoms with Crippen molar-refractivity contribution in [2.45, 2.75) is 51.1 Å². The number of hydrogen-bond donors (Lipinski definition) is 1. The van der Waals surface area contributed by atoms with Gasteiger partial charge in [-0.1, -0.05) is 92.7 Å². The van der Waals surface area contributed by atoms with Crippen LogP contribution in [0, 0.1) is 17.8 Å². The maximum absolute atomic E-state index is 14.1. The number of carbonyl (C=O) groups excluding carboxylic acids is 4. The van der Waals surface area contributed by atoms with E-state index in [0.717, 1.165) is 27.8 Å². The molecule has 1 fully saturated rings. The number of likely N-dealkylation sites (tertiary alicyclic amines) is 1. The molecule has 0 saturated carbocycles. The second-order valence-corrected chi connectivity index (χ2v) is 11.8. The maximum atomic E-state index is 14.1. The third kappa shape index (κ3) is 4.53. The quantitative estimate of drug-likeness (QED) is 0.324. The molecule has 4 atom stereocenters. The fourth-order valence-electron chi connectivity index (χ4n) is 7.10. The zero-order valence-corrected chi connectivity index (χ0v) is 23.4. The molecule has 1 heterocycles. The van der Waals surface area contributed by atoms with Crippen molar-refractivity contribution in [3.8, 4) is 0 Å². The van der Waals surface area contributed by atoms with Crippen molar-refractivity contribution in [3.63, 3.8) is 0 Å². The van der Waals surface area contributed by atoms with Crippen LogP contribution in [0.3, 0.4) is 0 Å². The van der Waals surface area contributed by atoms with Gasteiger partial charge in [0.25, 0.3) is 5.91 Å². The molecule has 7 nitrogen and oxygen atoms in total. The van der Waals surface area contributed by atoms with Crippen molar-refractivity contribution >= 4 is 23.7 Å². The highest BCUT2D eigenvalue weighted by Crippen LogP contribution is 2.61. The van der Waals surface area contributed by atoms with E-state index in [4.69, 9.17) is 4.74 Å². The summed E-state index contributed by atoms with van der Waals surface area (Å²) in [5.41, 5.74) is 5.23. The molecule has 3 aromatic rings. The smallest absolute Gasteiger partial charge is 0.329 e. The molecule has 7 rings (SSSR count). The second-order valence-electron chi connectivity index (χ2n) is 11.8. The first-order chi connectivity index (χ1) is 19.8. The summed E-state index contributed by atoms with van der Waals surface area (Å²) in [6, 6.07) is 24.2. The molecule has 0 spiro atoms. The topological polar surface area (TPSA) is 92.8 Å². The van der Waals surface area contributed by atoms with Crippen LogP contribution in [-0.2, 0) is 23.9 Å². The predicted octanol–water partition coefficient (Wildman–Crippen LogP) is 4.71. The van der Waals surface area contributed by atoms with Crippen LogP contribution in [0.5, 0.6) is 0 Å². The molecule has 41 heavy (non-hydrogen) atoms.